The number of para-hydroxylation sites is 1. The molecule has 27 heavy (non-hydrogen) atoms. The van der Waals surface area contributed by atoms with E-state index in [-0.39, 0.29) is 30.4 Å². The highest BCUT2D eigenvalue weighted by atomic mass is 16.2. The predicted molar refractivity (Wildman–Crippen MR) is 108 cm³/mol. The van der Waals surface area contributed by atoms with Crippen LogP contribution in [0.2, 0.25) is 0 Å². The Balaban J connectivity index is 1.61. The summed E-state index contributed by atoms with van der Waals surface area (Å²) in [4.78, 5) is 24.8. The molecule has 0 aliphatic heterocycles. The third-order valence-corrected chi connectivity index (χ3v) is 4.67. The predicted octanol–water partition coefficient (Wildman–Crippen LogP) is 3.50. The zero-order valence-corrected chi connectivity index (χ0v) is 15.9. The van der Waals surface area contributed by atoms with Gasteiger partial charge >= 0.3 is 0 Å². The number of carbonyl (C=O) groups is 2. The van der Waals surface area contributed by atoms with Crippen LogP contribution in [0.15, 0.2) is 54.6 Å². The van der Waals surface area contributed by atoms with Gasteiger partial charge in [-0.2, -0.15) is 0 Å². The van der Waals surface area contributed by atoms with Crippen LogP contribution in [0.25, 0.3) is 0 Å². The second-order valence-electron chi connectivity index (χ2n) is 7.35. The third kappa shape index (κ3) is 5.41. The number of amides is 2. The summed E-state index contributed by atoms with van der Waals surface area (Å²) in [5.41, 5.74) is 2.20. The van der Waals surface area contributed by atoms with Crippen molar-refractivity contribution >= 4 is 17.5 Å². The van der Waals surface area contributed by atoms with Crippen molar-refractivity contribution < 1.29 is 9.59 Å². The van der Waals surface area contributed by atoms with Crippen LogP contribution in [0, 0.1) is 5.92 Å². The Hall–Kier alpha value is -2.66. The average Bonchev–Trinajstić information content (AvgIpc) is 3.47. The molecule has 1 fully saturated rings. The molecule has 1 saturated carbocycles. The van der Waals surface area contributed by atoms with Gasteiger partial charge in [0.1, 0.15) is 0 Å². The number of anilines is 1. The Kier molecular flexibility index (Phi) is 6.24. The maximum atomic E-state index is 12.5. The highest BCUT2D eigenvalue weighted by molar-refractivity contribution is 6.04. The van der Waals surface area contributed by atoms with Gasteiger partial charge in [0.05, 0.1) is 17.8 Å². The zero-order chi connectivity index (χ0) is 19.2. The van der Waals surface area contributed by atoms with Crippen molar-refractivity contribution in [2.75, 3.05) is 11.9 Å². The average molecular weight is 365 g/mol. The minimum atomic E-state index is -0.164. The molecule has 0 spiro atoms. The van der Waals surface area contributed by atoms with Crippen molar-refractivity contribution in [1.82, 2.24) is 10.6 Å². The maximum absolute atomic E-state index is 12.5. The fourth-order valence-electron chi connectivity index (χ4n) is 3.08. The second-order valence-corrected chi connectivity index (χ2v) is 7.35. The lowest BCUT2D eigenvalue weighted by Crippen LogP contribution is -2.34. The zero-order valence-electron chi connectivity index (χ0n) is 15.9. The van der Waals surface area contributed by atoms with E-state index < -0.39 is 0 Å². The first-order valence-electron chi connectivity index (χ1n) is 9.52. The fraction of sp³-hybridized carbons (Fsp3) is 0.364. The summed E-state index contributed by atoms with van der Waals surface area (Å²) >= 11 is 0. The smallest absolute Gasteiger partial charge is 0.253 e. The second kappa shape index (κ2) is 8.82. The van der Waals surface area contributed by atoms with E-state index in [1.165, 1.54) is 0 Å². The molecule has 1 atom stereocenters. The Labute approximate surface area is 160 Å². The summed E-state index contributed by atoms with van der Waals surface area (Å²) in [5.74, 6) is 0.0470. The van der Waals surface area contributed by atoms with Crippen LogP contribution in [0.3, 0.4) is 0 Å². The van der Waals surface area contributed by atoms with Gasteiger partial charge < -0.3 is 16.0 Å². The monoisotopic (exact) mass is 365 g/mol. The van der Waals surface area contributed by atoms with Gasteiger partial charge in [-0.05, 0) is 36.5 Å². The number of nitrogens with one attached hydrogen (secondary N) is 3. The van der Waals surface area contributed by atoms with Gasteiger partial charge in [-0.25, -0.2) is 0 Å². The first-order chi connectivity index (χ1) is 13.0. The minimum Gasteiger partial charge on any atom is -0.349 e. The summed E-state index contributed by atoms with van der Waals surface area (Å²) in [7, 11) is 0. The molecule has 0 heterocycles. The number of carbonyl (C=O) groups excluding carboxylic acids is 2. The van der Waals surface area contributed by atoms with Crippen molar-refractivity contribution in [3.8, 4) is 0 Å². The number of benzene rings is 2. The van der Waals surface area contributed by atoms with E-state index in [9.17, 15) is 9.59 Å². The van der Waals surface area contributed by atoms with Gasteiger partial charge in [-0.15, -0.1) is 0 Å². The molecule has 5 nitrogen and oxygen atoms in total. The number of hydrogen-bond acceptors (Lipinski definition) is 3. The first kappa shape index (κ1) is 19.1. The minimum absolute atomic E-state index is 0.0883. The molecule has 2 aromatic rings. The lowest BCUT2D eigenvalue weighted by atomic mass is 9.96. The SMILES string of the molecule is CC(C)[C@H](NCC(=O)Nc1ccccc1C(=O)NC1CC1)c1ccccc1. The van der Waals surface area contributed by atoms with Crippen LogP contribution in [-0.4, -0.2) is 24.4 Å². The Morgan fingerprint density at radius 2 is 1.67 bits per heavy atom. The quantitative estimate of drug-likeness (QED) is 0.670. The Morgan fingerprint density at radius 3 is 2.33 bits per heavy atom. The highest BCUT2D eigenvalue weighted by Gasteiger charge is 2.25. The summed E-state index contributed by atoms with van der Waals surface area (Å²) in [5, 5.41) is 9.17. The lowest BCUT2D eigenvalue weighted by Gasteiger charge is -2.23. The molecule has 3 N–H and O–H groups in total. The molecule has 1 aliphatic carbocycles. The van der Waals surface area contributed by atoms with Crippen LogP contribution in [0.5, 0.6) is 0 Å². The number of rotatable bonds is 8. The van der Waals surface area contributed by atoms with Gasteiger partial charge in [-0.3, -0.25) is 9.59 Å². The van der Waals surface area contributed by atoms with Crippen molar-refractivity contribution in [3.63, 3.8) is 0 Å². The molecule has 0 saturated heterocycles. The Morgan fingerprint density at radius 1 is 1.00 bits per heavy atom. The summed E-state index contributed by atoms with van der Waals surface area (Å²) in [6.07, 6.45) is 2.06. The highest BCUT2D eigenvalue weighted by Crippen LogP contribution is 2.22. The molecular formula is C22H27N3O2. The lowest BCUT2D eigenvalue weighted by molar-refractivity contribution is -0.115. The summed E-state index contributed by atoms with van der Waals surface area (Å²) in [6, 6.07) is 17.6. The molecule has 0 radical (unpaired) electrons. The van der Waals surface area contributed by atoms with Gasteiger partial charge in [-0.1, -0.05) is 56.3 Å². The van der Waals surface area contributed by atoms with Crippen molar-refractivity contribution in [2.45, 2.75) is 38.8 Å². The van der Waals surface area contributed by atoms with Gasteiger partial charge in [0.2, 0.25) is 5.91 Å². The molecular weight excluding hydrogens is 338 g/mol. The maximum Gasteiger partial charge on any atom is 0.253 e. The molecule has 0 aromatic heterocycles. The van der Waals surface area contributed by atoms with Crippen LogP contribution in [-0.2, 0) is 4.79 Å². The van der Waals surface area contributed by atoms with Crippen molar-refractivity contribution in [3.05, 3.63) is 65.7 Å². The van der Waals surface area contributed by atoms with Crippen LogP contribution >= 0.6 is 0 Å². The van der Waals surface area contributed by atoms with Crippen LogP contribution in [0.1, 0.15) is 48.7 Å². The number of hydrogen-bond donors (Lipinski definition) is 3. The Bertz CT molecular complexity index is 785. The van der Waals surface area contributed by atoms with E-state index in [1.54, 1.807) is 18.2 Å². The molecule has 0 bridgehead atoms. The molecule has 3 rings (SSSR count). The summed E-state index contributed by atoms with van der Waals surface area (Å²) < 4.78 is 0. The largest absolute Gasteiger partial charge is 0.349 e. The fourth-order valence-corrected chi connectivity index (χ4v) is 3.08. The van der Waals surface area contributed by atoms with E-state index in [2.05, 4.69) is 41.9 Å². The molecule has 2 aromatic carbocycles. The van der Waals surface area contributed by atoms with Crippen LogP contribution < -0.4 is 16.0 Å². The van der Waals surface area contributed by atoms with E-state index in [0.29, 0.717) is 17.2 Å². The van der Waals surface area contributed by atoms with E-state index in [1.807, 2.05) is 24.3 Å². The standard InChI is InChI=1S/C22H27N3O2/c1-15(2)21(16-8-4-3-5-9-16)23-14-20(26)25-19-11-7-6-10-18(19)22(27)24-17-12-13-17/h3-11,15,17,21,23H,12-14H2,1-2H3,(H,24,27)(H,25,26)/t21-/m0/s1. The third-order valence-electron chi connectivity index (χ3n) is 4.67. The van der Waals surface area contributed by atoms with Crippen molar-refractivity contribution in [1.29, 1.82) is 0 Å². The van der Waals surface area contributed by atoms with Crippen molar-refractivity contribution in [2.24, 2.45) is 5.92 Å². The molecule has 2 amide bonds. The van der Waals surface area contributed by atoms with E-state index >= 15 is 0 Å². The molecule has 0 unspecified atom stereocenters. The molecule has 1 aliphatic rings. The van der Waals surface area contributed by atoms with E-state index in [0.717, 1.165) is 18.4 Å². The topological polar surface area (TPSA) is 70.2 Å². The summed E-state index contributed by atoms with van der Waals surface area (Å²) in [6.45, 7) is 4.43. The first-order valence-corrected chi connectivity index (χ1v) is 9.52. The van der Waals surface area contributed by atoms with Gasteiger partial charge in [0.25, 0.3) is 5.91 Å². The molecule has 5 heteroatoms. The normalized spacial score (nSPS) is 14.6. The van der Waals surface area contributed by atoms with E-state index in [4.69, 9.17) is 0 Å². The van der Waals surface area contributed by atoms with Crippen LogP contribution in [0.4, 0.5) is 5.69 Å². The van der Waals surface area contributed by atoms with Gasteiger partial charge in [0, 0.05) is 12.1 Å². The van der Waals surface area contributed by atoms with Gasteiger partial charge in [0.15, 0.2) is 0 Å². The molecule has 142 valence electrons.